The number of piperidine rings is 1. The van der Waals surface area contributed by atoms with Gasteiger partial charge < -0.3 is 19.5 Å². The van der Waals surface area contributed by atoms with Crippen LogP contribution >= 0.6 is 11.3 Å². The Labute approximate surface area is 221 Å². The first kappa shape index (κ1) is 25.4. The maximum Gasteiger partial charge on any atom is 0.374 e. The van der Waals surface area contributed by atoms with Crippen molar-refractivity contribution in [2.75, 3.05) is 25.0 Å². The summed E-state index contributed by atoms with van der Waals surface area (Å²) >= 11 is 1.42. The highest BCUT2D eigenvalue weighted by atomic mass is 32.1. The van der Waals surface area contributed by atoms with E-state index in [0.717, 1.165) is 23.5 Å². The SMILES string of the molecule is CCOC(=O)c1nc(NC(=O)c2csc(C3CCN(C(=O)c4nnc5cc(C)nn5c4C)CC3)n2)cn1C. The van der Waals surface area contributed by atoms with Gasteiger partial charge in [0.05, 0.1) is 23.0 Å². The third kappa shape index (κ3) is 4.86. The number of nitrogens with one attached hydrogen (secondary N) is 1. The van der Waals surface area contributed by atoms with Crippen molar-refractivity contribution in [2.45, 2.75) is 39.5 Å². The Morgan fingerprint density at radius 1 is 1.16 bits per heavy atom. The van der Waals surface area contributed by atoms with E-state index in [4.69, 9.17) is 4.74 Å². The highest BCUT2D eigenvalue weighted by Crippen LogP contribution is 2.31. The fourth-order valence-corrected chi connectivity index (χ4v) is 5.40. The molecule has 14 heteroatoms. The average molecular weight is 538 g/mol. The highest BCUT2D eigenvalue weighted by Gasteiger charge is 2.29. The molecule has 1 fully saturated rings. The van der Waals surface area contributed by atoms with E-state index in [-0.39, 0.29) is 35.8 Å². The number of nitrogens with zero attached hydrogens (tertiary/aromatic N) is 8. The number of hydrogen-bond donors (Lipinski definition) is 1. The predicted octanol–water partition coefficient (Wildman–Crippen LogP) is 2.38. The quantitative estimate of drug-likeness (QED) is 0.366. The molecule has 1 N–H and O–H groups in total. The van der Waals surface area contributed by atoms with Crippen molar-refractivity contribution in [3.8, 4) is 0 Å². The molecule has 13 nitrogen and oxygen atoms in total. The van der Waals surface area contributed by atoms with Gasteiger partial charge in [-0.25, -0.2) is 19.3 Å². The molecular weight excluding hydrogens is 510 g/mol. The number of fused-ring (bicyclic) bond motifs is 1. The van der Waals surface area contributed by atoms with Gasteiger partial charge in [0.15, 0.2) is 17.2 Å². The molecule has 5 heterocycles. The summed E-state index contributed by atoms with van der Waals surface area (Å²) < 4.78 is 8.12. The molecule has 4 aromatic heterocycles. The van der Waals surface area contributed by atoms with E-state index in [1.165, 1.54) is 15.9 Å². The molecule has 4 aromatic rings. The number of thiazole rings is 1. The van der Waals surface area contributed by atoms with Crippen molar-refractivity contribution in [1.29, 1.82) is 0 Å². The van der Waals surface area contributed by atoms with Gasteiger partial charge in [0.2, 0.25) is 5.82 Å². The van der Waals surface area contributed by atoms with E-state index >= 15 is 0 Å². The highest BCUT2D eigenvalue weighted by molar-refractivity contribution is 7.10. The molecule has 0 spiro atoms. The number of esters is 1. The van der Waals surface area contributed by atoms with Crippen molar-refractivity contribution in [3.05, 3.63) is 51.3 Å². The lowest BCUT2D eigenvalue weighted by Crippen LogP contribution is -2.39. The Morgan fingerprint density at radius 3 is 2.66 bits per heavy atom. The minimum absolute atomic E-state index is 0.100. The first-order valence-electron chi connectivity index (χ1n) is 12.2. The number of amides is 2. The van der Waals surface area contributed by atoms with E-state index < -0.39 is 11.9 Å². The molecule has 0 aliphatic carbocycles. The number of likely N-dealkylation sites (tertiary alicyclic amines) is 1. The lowest BCUT2D eigenvalue weighted by molar-refractivity contribution is 0.0507. The zero-order valence-corrected chi connectivity index (χ0v) is 22.3. The van der Waals surface area contributed by atoms with Gasteiger partial charge in [-0.05, 0) is 33.6 Å². The first-order valence-corrected chi connectivity index (χ1v) is 13.1. The van der Waals surface area contributed by atoms with Crippen molar-refractivity contribution in [1.82, 2.24) is 39.2 Å². The van der Waals surface area contributed by atoms with Gasteiger partial charge in [-0.15, -0.1) is 21.5 Å². The van der Waals surface area contributed by atoms with Crippen LogP contribution < -0.4 is 5.32 Å². The number of rotatable bonds is 6. The summed E-state index contributed by atoms with van der Waals surface area (Å²) in [5, 5.41) is 17.9. The van der Waals surface area contributed by atoms with Crippen LogP contribution in [0.15, 0.2) is 17.6 Å². The Kier molecular flexibility index (Phi) is 6.89. The Balaban J connectivity index is 1.20. The predicted molar refractivity (Wildman–Crippen MR) is 137 cm³/mol. The second-order valence-corrected chi connectivity index (χ2v) is 9.95. The fraction of sp³-hybridized carbons (Fsp3) is 0.417. The molecule has 0 atom stereocenters. The van der Waals surface area contributed by atoms with Gasteiger partial charge in [0.1, 0.15) is 5.69 Å². The fourth-order valence-electron chi connectivity index (χ4n) is 4.43. The van der Waals surface area contributed by atoms with Crippen LogP contribution in [0.5, 0.6) is 0 Å². The van der Waals surface area contributed by atoms with Crippen LogP contribution in [0, 0.1) is 13.8 Å². The molecule has 1 aliphatic heterocycles. The molecule has 0 radical (unpaired) electrons. The molecule has 0 unspecified atom stereocenters. The van der Waals surface area contributed by atoms with Gasteiger partial charge in [0.25, 0.3) is 11.8 Å². The van der Waals surface area contributed by atoms with E-state index in [1.807, 2.05) is 19.9 Å². The van der Waals surface area contributed by atoms with Crippen molar-refractivity contribution >= 4 is 40.6 Å². The number of aromatic nitrogens is 7. The van der Waals surface area contributed by atoms with Crippen molar-refractivity contribution in [3.63, 3.8) is 0 Å². The lowest BCUT2D eigenvalue weighted by Gasteiger charge is -2.31. The van der Waals surface area contributed by atoms with E-state index in [2.05, 4.69) is 30.6 Å². The largest absolute Gasteiger partial charge is 0.460 e. The standard InChI is InChI=1S/C24H27N9O4S/c1-5-37-24(36)20-26-17(11-31(20)4)27-21(34)16-12-38-22(25-16)15-6-8-32(9-7-15)23(35)19-14(3)33-18(28-29-19)10-13(2)30-33/h10-12,15H,5-9H2,1-4H3,(H,27,34). The maximum atomic E-state index is 13.2. The van der Waals surface area contributed by atoms with Crippen LogP contribution in [0.4, 0.5) is 5.82 Å². The molecule has 1 saturated heterocycles. The van der Waals surface area contributed by atoms with Gasteiger partial charge in [-0.2, -0.15) is 5.10 Å². The Morgan fingerprint density at radius 2 is 1.92 bits per heavy atom. The minimum Gasteiger partial charge on any atom is -0.460 e. The second kappa shape index (κ2) is 10.3. The van der Waals surface area contributed by atoms with Crippen LogP contribution in [0.1, 0.15) is 73.7 Å². The summed E-state index contributed by atoms with van der Waals surface area (Å²) in [6, 6.07) is 1.82. The summed E-state index contributed by atoms with van der Waals surface area (Å²) in [5.41, 5.74) is 2.66. The number of aryl methyl sites for hydroxylation is 3. The number of anilines is 1. The topological polar surface area (TPSA) is 150 Å². The van der Waals surface area contributed by atoms with Crippen LogP contribution in [0.2, 0.25) is 0 Å². The van der Waals surface area contributed by atoms with Gasteiger partial charge in [-0.1, -0.05) is 0 Å². The normalized spacial score (nSPS) is 14.2. The smallest absolute Gasteiger partial charge is 0.374 e. The van der Waals surface area contributed by atoms with Crippen molar-refractivity contribution < 1.29 is 19.1 Å². The van der Waals surface area contributed by atoms with E-state index in [9.17, 15) is 14.4 Å². The average Bonchev–Trinajstić information content (AvgIpc) is 3.62. The molecule has 1 aliphatic rings. The van der Waals surface area contributed by atoms with Gasteiger partial charge in [-0.3, -0.25) is 9.59 Å². The van der Waals surface area contributed by atoms with E-state index in [1.54, 1.807) is 35.0 Å². The van der Waals surface area contributed by atoms with Gasteiger partial charge >= 0.3 is 5.97 Å². The second-order valence-electron chi connectivity index (χ2n) is 9.06. The Bertz CT molecular complexity index is 1530. The van der Waals surface area contributed by atoms with Crippen LogP contribution in [0.3, 0.4) is 0 Å². The number of carbonyl (C=O) groups is 3. The molecule has 38 heavy (non-hydrogen) atoms. The maximum absolute atomic E-state index is 13.2. The third-order valence-corrected chi connectivity index (χ3v) is 7.40. The molecule has 0 aromatic carbocycles. The number of ether oxygens (including phenoxy) is 1. The third-order valence-electron chi connectivity index (χ3n) is 6.39. The molecule has 198 valence electrons. The molecule has 0 saturated carbocycles. The number of hydrogen-bond acceptors (Lipinski definition) is 10. The number of carbonyl (C=O) groups excluding carboxylic acids is 3. The number of imidazole rings is 1. The summed E-state index contributed by atoms with van der Waals surface area (Å²) in [6.07, 6.45) is 2.99. The minimum atomic E-state index is -0.560. The molecular formula is C24H27N9O4S. The Hall–Kier alpha value is -4.20. The monoisotopic (exact) mass is 537 g/mol. The van der Waals surface area contributed by atoms with E-state index in [0.29, 0.717) is 30.1 Å². The molecule has 0 bridgehead atoms. The summed E-state index contributed by atoms with van der Waals surface area (Å²) in [5.74, 6) is -0.658. The lowest BCUT2D eigenvalue weighted by atomic mass is 9.97. The van der Waals surface area contributed by atoms with Crippen LogP contribution in [-0.4, -0.2) is 76.7 Å². The zero-order chi connectivity index (χ0) is 27.0. The van der Waals surface area contributed by atoms with Gasteiger partial charge in [0, 0.05) is 43.7 Å². The van der Waals surface area contributed by atoms with Crippen LogP contribution in [0.25, 0.3) is 5.65 Å². The summed E-state index contributed by atoms with van der Waals surface area (Å²) in [7, 11) is 1.65. The molecule has 2 amide bonds. The van der Waals surface area contributed by atoms with Crippen LogP contribution in [-0.2, 0) is 11.8 Å². The summed E-state index contributed by atoms with van der Waals surface area (Å²) in [4.78, 5) is 48.3. The summed E-state index contributed by atoms with van der Waals surface area (Å²) in [6.45, 7) is 6.73. The zero-order valence-electron chi connectivity index (χ0n) is 21.5. The van der Waals surface area contributed by atoms with Crippen molar-refractivity contribution in [2.24, 2.45) is 7.05 Å². The molecule has 5 rings (SSSR count). The first-order chi connectivity index (χ1) is 18.2.